The Bertz CT molecular complexity index is 1600. The average Bonchev–Trinajstić information content (AvgIpc) is 3.40. The fourth-order valence-corrected chi connectivity index (χ4v) is 5.58. The Kier molecular flexibility index (Phi) is 8.57. The fraction of sp³-hybridized carbons (Fsp3) is 0.194. The maximum atomic E-state index is 13.2. The predicted octanol–water partition coefficient (Wildman–Crippen LogP) is 5.95. The van der Waals surface area contributed by atoms with Crippen LogP contribution in [0.4, 0.5) is 0 Å². The minimum atomic E-state index is -1.12. The van der Waals surface area contributed by atoms with Crippen LogP contribution in [0, 0.1) is 0 Å². The highest BCUT2D eigenvalue weighted by Crippen LogP contribution is 2.26. The van der Waals surface area contributed by atoms with E-state index in [-0.39, 0.29) is 24.2 Å². The number of halogens is 1. The van der Waals surface area contributed by atoms with Gasteiger partial charge in [-0.15, -0.1) is 11.3 Å². The molecule has 0 bridgehead atoms. The van der Waals surface area contributed by atoms with Crippen LogP contribution in [0.3, 0.4) is 0 Å². The summed E-state index contributed by atoms with van der Waals surface area (Å²) in [4.78, 5) is 14.8. The van der Waals surface area contributed by atoms with Gasteiger partial charge in [-0.3, -0.25) is 10.1 Å². The van der Waals surface area contributed by atoms with Crippen LogP contribution in [-0.4, -0.2) is 21.4 Å². The number of nitrogens with zero attached hydrogens (tertiary/aromatic N) is 1. The third-order valence-corrected chi connectivity index (χ3v) is 8.00. The summed E-state index contributed by atoms with van der Waals surface area (Å²) in [5.41, 5.74) is 3.99. The van der Waals surface area contributed by atoms with Crippen molar-refractivity contribution in [1.29, 1.82) is 0 Å². The number of aryl methyl sites for hydroxylation is 1. The van der Waals surface area contributed by atoms with E-state index in [1.807, 2.05) is 66.2 Å². The predicted molar refractivity (Wildman–Crippen MR) is 157 cm³/mol. The molecule has 2 unspecified atom stereocenters. The average molecular weight is 561 g/mol. The Morgan fingerprint density at radius 2 is 1.67 bits per heavy atom. The molecule has 5 aromatic rings. The summed E-state index contributed by atoms with van der Waals surface area (Å²) >= 11 is 7.39. The number of aliphatic hydroxyl groups excluding tert-OH is 2. The summed E-state index contributed by atoms with van der Waals surface area (Å²) in [6, 6.07) is 27.0. The Hall–Kier alpha value is -3.30. The third-order valence-electron chi connectivity index (χ3n) is 6.55. The molecular weight excluding hydrogens is 532 g/mol. The largest absolute Gasteiger partial charge is 0.386 e. The highest BCUT2D eigenvalue weighted by molar-refractivity contribution is 7.18. The van der Waals surface area contributed by atoms with E-state index in [1.165, 1.54) is 11.3 Å². The van der Waals surface area contributed by atoms with Gasteiger partial charge >= 0.3 is 0 Å². The van der Waals surface area contributed by atoms with E-state index in [9.17, 15) is 15.0 Å². The molecule has 0 aliphatic carbocycles. The van der Waals surface area contributed by atoms with E-state index >= 15 is 0 Å². The van der Waals surface area contributed by atoms with Crippen molar-refractivity contribution in [3.05, 3.63) is 128 Å². The summed E-state index contributed by atoms with van der Waals surface area (Å²) in [5.74, 6) is 0. The first-order valence-corrected chi connectivity index (χ1v) is 13.8. The number of hydrogen-bond donors (Lipinski definition) is 3. The topological polar surface area (TPSA) is 83.7 Å². The van der Waals surface area contributed by atoms with Crippen molar-refractivity contribution < 1.29 is 14.9 Å². The maximum Gasteiger partial charge on any atom is 0.197 e. The summed E-state index contributed by atoms with van der Waals surface area (Å²) in [7, 11) is 1.85. The van der Waals surface area contributed by atoms with Crippen LogP contribution >= 0.6 is 22.9 Å². The lowest BCUT2D eigenvalue weighted by molar-refractivity contribution is 0.0287. The monoisotopic (exact) mass is 560 g/mol. The molecule has 2 aromatic heterocycles. The van der Waals surface area contributed by atoms with Crippen molar-refractivity contribution in [2.75, 3.05) is 6.61 Å². The highest BCUT2D eigenvalue weighted by Gasteiger charge is 2.17. The molecule has 8 heteroatoms. The fourth-order valence-electron chi connectivity index (χ4n) is 4.43. The number of pyridine rings is 1. The molecule has 5 rings (SSSR count). The number of ether oxygens (including phenoxy) is 1. The van der Waals surface area contributed by atoms with Gasteiger partial charge in [-0.25, -0.2) is 0 Å². The molecule has 0 aliphatic heterocycles. The van der Waals surface area contributed by atoms with E-state index in [4.69, 9.17) is 16.3 Å². The minimum Gasteiger partial charge on any atom is -0.386 e. The van der Waals surface area contributed by atoms with Crippen molar-refractivity contribution in [2.24, 2.45) is 7.05 Å². The summed E-state index contributed by atoms with van der Waals surface area (Å²) < 4.78 is 7.66. The van der Waals surface area contributed by atoms with E-state index in [0.29, 0.717) is 17.0 Å². The zero-order valence-corrected chi connectivity index (χ0v) is 23.0. The third kappa shape index (κ3) is 6.47. The molecular formula is C31H29ClN2O4S. The summed E-state index contributed by atoms with van der Waals surface area (Å²) in [6.07, 6.45) is -0.218. The lowest BCUT2D eigenvalue weighted by atomic mass is 10.0. The molecule has 0 radical (unpaired) electrons. The second-order valence-corrected chi connectivity index (χ2v) is 10.9. The van der Waals surface area contributed by atoms with Crippen LogP contribution in [0.2, 0.25) is 5.02 Å². The Balaban J connectivity index is 1.21. The van der Waals surface area contributed by atoms with E-state index in [0.717, 1.165) is 32.0 Å². The number of aliphatic hydroxyl groups is 2. The number of aromatic nitrogens is 1. The molecule has 3 N–H and O–H groups in total. The second kappa shape index (κ2) is 12.3. The number of benzene rings is 3. The van der Waals surface area contributed by atoms with Gasteiger partial charge in [0.25, 0.3) is 0 Å². The van der Waals surface area contributed by atoms with Gasteiger partial charge in [0.05, 0.1) is 24.2 Å². The van der Waals surface area contributed by atoms with Crippen molar-refractivity contribution in [1.82, 2.24) is 9.88 Å². The quantitative estimate of drug-likeness (QED) is 0.184. The molecule has 39 heavy (non-hydrogen) atoms. The van der Waals surface area contributed by atoms with Gasteiger partial charge in [-0.1, -0.05) is 78.3 Å². The Morgan fingerprint density at radius 3 is 2.38 bits per heavy atom. The van der Waals surface area contributed by atoms with Gasteiger partial charge < -0.3 is 19.5 Å². The SMILES string of the molecule is Cn1cc(C(O)NCc2ccc(Cl)cc2)c(=O)c2cc(COCC(O)c3ccc(-c4ccccc4)cc3)sc21. The molecule has 6 nitrogen and oxygen atoms in total. The lowest BCUT2D eigenvalue weighted by Gasteiger charge is -2.14. The Labute approximate surface area is 235 Å². The molecule has 0 spiro atoms. The number of hydrogen-bond acceptors (Lipinski definition) is 6. The van der Waals surface area contributed by atoms with E-state index in [2.05, 4.69) is 17.4 Å². The summed E-state index contributed by atoms with van der Waals surface area (Å²) in [5, 5.41) is 25.5. The zero-order chi connectivity index (χ0) is 27.4. The molecule has 3 aromatic carbocycles. The van der Waals surface area contributed by atoms with Gasteiger partial charge in [0, 0.05) is 29.7 Å². The van der Waals surface area contributed by atoms with Crippen LogP contribution in [-0.2, 0) is 24.9 Å². The minimum absolute atomic E-state index is 0.133. The van der Waals surface area contributed by atoms with Gasteiger partial charge in [-0.2, -0.15) is 0 Å². The van der Waals surface area contributed by atoms with Gasteiger partial charge in [0.15, 0.2) is 5.43 Å². The molecule has 2 atom stereocenters. The van der Waals surface area contributed by atoms with Gasteiger partial charge in [0.1, 0.15) is 17.2 Å². The van der Waals surface area contributed by atoms with Crippen LogP contribution in [0.1, 0.15) is 33.9 Å². The molecule has 200 valence electrons. The molecule has 0 saturated carbocycles. The van der Waals surface area contributed by atoms with Crippen molar-refractivity contribution in [2.45, 2.75) is 25.5 Å². The first kappa shape index (κ1) is 27.3. The summed E-state index contributed by atoms with van der Waals surface area (Å²) in [6.45, 7) is 0.790. The Morgan fingerprint density at radius 1 is 0.974 bits per heavy atom. The molecule has 0 aliphatic rings. The van der Waals surface area contributed by atoms with E-state index in [1.54, 1.807) is 24.4 Å². The van der Waals surface area contributed by atoms with Crippen LogP contribution in [0.15, 0.2) is 95.9 Å². The maximum absolute atomic E-state index is 13.2. The van der Waals surface area contributed by atoms with Gasteiger partial charge in [0.2, 0.25) is 0 Å². The lowest BCUT2D eigenvalue weighted by Crippen LogP contribution is -2.26. The molecule has 0 saturated heterocycles. The normalized spacial score (nSPS) is 13.0. The number of rotatable bonds is 10. The molecule has 0 amide bonds. The number of fused-ring (bicyclic) bond motifs is 1. The molecule has 2 heterocycles. The first-order valence-electron chi connectivity index (χ1n) is 12.6. The highest BCUT2D eigenvalue weighted by atomic mass is 35.5. The molecule has 0 fully saturated rings. The first-order chi connectivity index (χ1) is 18.9. The zero-order valence-electron chi connectivity index (χ0n) is 21.4. The smallest absolute Gasteiger partial charge is 0.197 e. The van der Waals surface area contributed by atoms with Crippen molar-refractivity contribution in [3.63, 3.8) is 0 Å². The van der Waals surface area contributed by atoms with Gasteiger partial charge in [-0.05, 0) is 40.5 Å². The number of thiophene rings is 1. The number of nitrogens with one attached hydrogen (secondary N) is 1. The van der Waals surface area contributed by atoms with E-state index < -0.39 is 12.3 Å². The second-order valence-electron chi connectivity index (χ2n) is 9.38. The van der Waals surface area contributed by atoms with Crippen LogP contribution in [0.5, 0.6) is 0 Å². The van der Waals surface area contributed by atoms with Crippen LogP contribution in [0.25, 0.3) is 21.3 Å². The standard InChI is InChI=1S/C31H29ClN2O4S/c1-34-17-27(30(37)33-16-20-7-13-24(32)14-8-20)29(36)26-15-25(39-31(26)34)18-38-19-28(35)23-11-9-22(10-12-23)21-5-3-2-4-6-21/h2-15,17,28,30,33,35,37H,16,18-19H2,1H3. The van der Waals surface area contributed by atoms with Crippen molar-refractivity contribution >= 4 is 33.2 Å². The van der Waals surface area contributed by atoms with Crippen molar-refractivity contribution in [3.8, 4) is 11.1 Å². The van der Waals surface area contributed by atoms with Crippen LogP contribution < -0.4 is 10.7 Å².